The second kappa shape index (κ2) is 7.19. The molecule has 0 bridgehead atoms. The van der Waals surface area contributed by atoms with Crippen molar-refractivity contribution in [2.24, 2.45) is 0 Å². The molecule has 0 aliphatic heterocycles. The van der Waals surface area contributed by atoms with Crippen molar-refractivity contribution in [1.82, 2.24) is 0 Å². The third-order valence-electron chi connectivity index (χ3n) is 4.05. The van der Waals surface area contributed by atoms with Gasteiger partial charge >= 0.3 is 0 Å². The Morgan fingerprint density at radius 1 is 1.19 bits per heavy atom. The van der Waals surface area contributed by atoms with Crippen LogP contribution in [-0.4, -0.2) is 6.29 Å². The van der Waals surface area contributed by atoms with Crippen molar-refractivity contribution >= 4 is 33.0 Å². The van der Waals surface area contributed by atoms with Crippen LogP contribution in [0.2, 0.25) is 0 Å². The van der Waals surface area contributed by atoms with Gasteiger partial charge in [-0.25, -0.2) is 5.11 Å². The smallest absolute Gasteiger partial charge is 0.151 e. The van der Waals surface area contributed by atoms with Crippen LogP contribution < -0.4 is 0 Å². The molecular weight excluding hydrogens is 328 g/mol. The molecule has 2 aromatic rings. The van der Waals surface area contributed by atoms with Gasteiger partial charge in [-0.05, 0) is 69.2 Å². The first-order chi connectivity index (χ1) is 10.1. The molecule has 2 aromatic carbocycles. The zero-order valence-electron chi connectivity index (χ0n) is 12.5. The number of aryl methyl sites for hydroxylation is 1. The first-order valence-corrected chi connectivity index (χ1v) is 8.20. The molecule has 0 saturated carbocycles. The van der Waals surface area contributed by atoms with E-state index in [1.165, 1.54) is 18.4 Å². The molecule has 111 valence electrons. The summed E-state index contributed by atoms with van der Waals surface area (Å²) in [6, 6.07) is 5.78. The van der Waals surface area contributed by atoms with Crippen LogP contribution in [0.3, 0.4) is 0 Å². The van der Waals surface area contributed by atoms with E-state index < -0.39 is 0 Å². The molecule has 0 saturated heterocycles. The number of aldehydes is 1. The van der Waals surface area contributed by atoms with Gasteiger partial charge in [-0.2, -0.15) is 0 Å². The van der Waals surface area contributed by atoms with E-state index in [4.69, 9.17) is 0 Å². The molecule has 3 heteroatoms. The Kier molecular flexibility index (Phi) is 5.54. The molecule has 2 nitrogen and oxygen atoms in total. The normalized spacial score (nSPS) is 11.0. The van der Waals surface area contributed by atoms with Crippen LogP contribution in [0.1, 0.15) is 53.2 Å². The lowest BCUT2D eigenvalue weighted by molar-refractivity contribution is 0.112. The highest BCUT2D eigenvalue weighted by Crippen LogP contribution is 2.35. The quantitative estimate of drug-likeness (QED) is 0.510. The standard InChI is InChI=1S/C18H20BrO2/c1-3-4-5-6-14-12(2)17(11-21)18(19)15-8-7-13(10-20)9-16(14)15/h7-9,11H,3-6,10H2,1-2H3. The summed E-state index contributed by atoms with van der Waals surface area (Å²) >= 11 is 3.55. The average Bonchev–Trinajstić information content (AvgIpc) is 2.50. The predicted molar refractivity (Wildman–Crippen MR) is 89.4 cm³/mol. The molecule has 0 aromatic heterocycles. The summed E-state index contributed by atoms with van der Waals surface area (Å²) in [5, 5.41) is 13.3. The van der Waals surface area contributed by atoms with Crippen molar-refractivity contribution in [3.8, 4) is 0 Å². The molecule has 0 aliphatic rings. The van der Waals surface area contributed by atoms with E-state index in [0.717, 1.165) is 51.1 Å². The van der Waals surface area contributed by atoms with Crippen molar-refractivity contribution in [1.29, 1.82) is 0 Å². The summed E-state index contributed by atoms with van der Waals surface area (Å²) in [7, 11) is 0. The maximum Gasteiger partial charge on any atom is 0.151 e. The van der Waals surface area contributed by atoms with E-state index in [1.807, 2.05) is 25.1 Å². The van der Waals surface area contributed by atoms with Crippen molar-refractivity contribution in [3.63, 3.8) is 0 Å². The van der Waals surface area contributed by atoms with Crippen LogP contribution in [0.15, 0.2) is 22.7 Å². The lowest BCUT2D eigenvalue weighted by atomic mass is 9.91. The Morgan fingerprint density at radius 3 is 2.57 bits per heavy atom. The largest absolute Gasteiger partial charge is 0.298 e. The first-order valence-electron chi connectivity index (χ1n) is 7.40. The number of halogens is 1. The number of unbranched alkanes of at least 4 members (excludes halogenated alkanes) is 2. The maximum atomic E-state index is 11.4. The lowest BCUT2D eigenvalue weighted by Gasteiger charge is -2.16. The summed E-state index contributed by atoms with van der Waals surface area (Å²) in [4.78, 5) is 11.4. The zero-order valence-corrected chi connectivity index (χ0v) is 14.1. The molecule has 0 fully saturated rings. The predicted octanol–water partition coefficient (Wildman–Crippen LogP) is 5.39. The van der Waals surface area contributed by atoms with Crippen molar-refractivity contribution in [3.05, 3.63) is 44.9 Å². The second-order valence-electron chi connectivity index (χ2n) is 5.43. The third-order valence-corrected chi connectivity index (χ3v) is 4.91. The molecule has 0 spiro atoms. The van der Waals surface area contributed by atoms with Gasteiger partial charge in [0.2, 0.25) is 0 Å². The average molecular weight is 348 g/mol. The topological polar surface area (TPSA) is 37.0 Å². The monoisotopic (exact) mass is 347 g/mol. The molecule has 0 amide bonds. The van der Waals surface area contributed by atoms with Crippen LogP contribution in [0.5, 0.6) is 0 Å². The minimum absolute atomic E-state index is 0.212. The van der Waals surface area contributed by atoms with Crippen LogP contribution >= 0.6 is 15.9 Å². The van der Waals surface area contributed by atoms with Gasteiger partial charge in [-0.1, -0.05) is 31.9 Å². The number of hydrogen-bond acceptors (Lipinski definition) is 1. The molecular formula is C18H20BrO2. The molecule has 0 unspecified atom stereocenters. The fourth-order valence-electron chi connectivity index (χ4n) is 2.81. The Morgan fingerprint density at radius 2 is 1.95 bits per heavy atom. The van der Waals surface area contributed by atoms with Gasteiger partial charge in [0.25, 0.3) is 0 Å². The molecule has 0 atom stereocenters. The Bertz CT molecular complexity index is 662. The highest BCUT2D eigenvalue weighted by atomic mass is 79.9. The van der Waals surface area contributed by atoms with Gasteiger partial charge in [-0.15, -0.1) is 0 Å². The fourth-order valence-corrected chi connectivity index (χ4v) is 3.55. The number of fused-ring (bicyclic) bond motifs is 1. The Hall–Kier alpha value is -1.19. The summed E-state index contributed by atoms with van der Waals surface area (Å²) in [6.07, 6.45) is 5.32. The maximum absolute atomic E-state index is 11.4. The minimum Gasteiger partial charge on any atom is -0.298 e. The van der Waals surface area contributed by atoms with Crippen molar-refractivity contribution in [2.75, 3.05) is 0 Å². The number of rotatable bonds is 6. The number of carbonyl (C=O) groups is 1. The van der Waals surface area contributed by atoms with Gasteiger partial charge in [-0.3, -0.25) is 4.79 Å². The number of hydrogen-bond donors (Lipinski definition) is 0. The molecule has 1 radical (unpaired) electrons. The van der Waals surface area contributed by atoms with Crippen LogP contribution in [-0.2, 0) is 18.1 Å². The summed E-state index contributed by atoms with van der Waals surface area (Å²) in [5.41, 5.74) is 3.76. The molecule has 0 aliphatic carbocycles. The van der Waals surface area contributed by atoms with Gasteiger partial charge < -0.3 is 0 Å². The molecule has 21 heavy (non-hydrogen) atoms. The van der Waals surface area contributed by atoms with Crippen LogP contribution in [0.4, 0.5) is 0 Å². The highest BCUT2D eigenvalue weighted by Gasteiger charge is 2.15. The van der Waals surface area contributed by atoms with Gasteiger partial charge in [0.05, 0.1) is 0 Å². The summed E-state index contributed by atoms with van der Waals surface area (Å²) < 4.78 is 0.835. The van der Waals surface area contributed by atoms with E-state index >= 15 is 0 Å². The third kappa shape index (κ3) is 3.19. The van der Waals surface area contributed by atoms with E-state index in [2.05, 4.69) is 22.9 Å². The van der Waals surface area contributed by atoms with E-state index in [9.17, 15) is 9.90 Å². The fraction of sp³-hybridized carbons (Fsp3) is 0.389. The SMILES string of the molecule is CCCCCc1c(C)c(C=O)c(Br)c2ccc(C[O])cc12. The number of carbonyl (C=O) groups excluding carboxylic acids is 1. The Labute approximate surface area is 134 Å². The van der Waals surface area contributed by atoms with Crippen LogP contribution in [0, 0.1) is 6.92 Å². The van der Waals surface area contributed by atoms with Crippen molar-refractivity contribution < 1.29 is 9.90 Å². The summed E-state index contributed by atoms with van der Waals surface area (Å²) in [5.74, 6) is 0. The highest BCUT2D eigenvalue weighted by molar-refractivity contribution is 9.10. The molecule has 0 N–H and O–H groups in total. The van der Waals surface area contributed by atoms with Crippen molar-refractivity contribution in [2.45, 2.75) is 46.1 Å². The first kappa shape index (κ1) is 16.2. The minimum atomic E-state index is -0.212. The number of benzene rings is 2. The second-order valence-corrected chi connectivity index (χ2v) is 6.22. The van der Waals surface area contributed by atoms with Gasteiger partial charge in [0.1, 0.15) is 6.61 Å². The van der Waals surface area contributed by atoms with Gasteiger partial charge in [0, 0.05) is 10.0 Å². The van der Waals surface area contributed by atoms with Gasteiger partial charge in [0.15, 0.2) is 6.29 Å². The lowest BCUT2D eigenvalue weighted by Crippen LogP contribution is -2.00. The molecule has 0 heterocycles. The van der Waals surface area contributed by atoms with E-state index in [-0.39, 0.29) is 6.61 Å². The molecule has 2 rings (SSSR count). The van der Waals surface area contributed by atoms with E-state index in [0.29, 0.717) is 0 Å². The zero-order chi connectivity index (χ0) is 15.4. The van der Waals surface area contributed by atoms with E-state index in [1.54, 1.807) is 0 Å². The summed E-state index contributed by atoms with van der Waals surface area (Å²) in [6.45, 7) is 3.97. The van der Waals surface area contributed by atoms with Crippen LogP contribution in [0.25, 0.3) is 10.8 Å². The Balaban J connectivity index is 2.68.